The van der Waals surface area contributed by atoms with E-state index in [1.165, 1.54) is 5.56 Å². The SMILES string of the molecule is CCNC(c1ccc(OCC)cc1)C(CC)(CC)OC. The number of methoxy groups -OCH3 is 1. The number of rotatable bonds is 9. The molecule has 1 atom stereocenters. The second kappa shape index (κ2) is 8.28. The molecule has 114 valence electrons. The molecular formula is C17H29NO2. The summed E-state index contributed by atoms with van der Waals surface area (Å²) in [6.07, 6.45) is 1.95. The van der Waals surface area contributed by atoms with Gasteiger partial charge in [-0.1, -0.05) is 32.9 Å². The molecule has 3 heteroatoms. The average Bonchev–Trinajstić information content (AvgIpc) is 2.50. The minimum atomic E-state index is -0.164. The summed E-state index contributed by atoms with van der Waals surface area (Å²) in [5.41, 5.74) is 1.09. The van der Waals surface area contributed by atoms with Crippen LogP contribution in [-0.2, 0) is 4.74 Å². The first-order valence-electron chi connectivity index (χ1n) is 7.68. The molecular weight excluding hydrogens is 250 g/mol. The Morgan fingerprint density at radius 3 is 2.05 bits per heavy atom. The van der Waals surface area contributed by atoms with Crippen molar-refractivity contribution in [2.75, 3.05) is 20.3 Å². The lowest BCUT2D eigenvalue weighted by atomic mass is 9.83. The third kappa shape index (κ3) is 3.74. The van der Waals surface area contributed by atoms with Crippen molar-refractivity contribution >= 4 is 0 Å². The zero-order chi connectivity index (χ0) is 15.0. The van der Waals surface area contributed by atoms with Crippen LogP contribution < -0.4 is 10.1 Å². The molecule has 0 spiro atoms. The first-order valence-corrected chi connectivity index (χ1v) is 7.68. The lowest BCUT2D eigenvalue weighted by Gasteiger charge is -2.39. The van der Waals surface area contributed by atoms with Gasteiger partial charge >= 0.3 is 0 Å². The molecule has 0 fully saturated rings. The topological polar surface area (TPSA) is 30.5 Å². The second-order valence-corrected chi connectivity index (χ2v) is 4.97. The monoisotopic (exact) mass is 279 g/mol. The molecule has 0 aliphatic heterocycles. The number of nitrogens with one attached hydrogen (secondary N) is 1. The summed E-state index contributed by atoms with van der Waals surface area (Å²) in [6.45, 7) is 10.1. The van der Waals surface area contributed by atoms with E-state index in [2.05, 4.69) is 38.2 Å². The number of hydrogen-bond donors (Lipinski definition) is 1. The van der Waals surface area contributed by atoms with Crippen LogP contribution in [0.4, 0.5) is 0 Å². The normalized spacial score (nSPS) is 13.2. The van der Waals surface area contributed by atoms with Crippen molar-refractivity contribution in [3.05, 3.63) is 29.8 Å². The van der Waals surface area contributed by atoms with Gasteiger partial charge in [-0.2, -0.15) is 0 Å². The van der Waals surface area contributed by atoms with E-state index in [0.29, 0.717) is 6.61 Å². The van der Waals surface area contributed by atoms with Crippen LogP contribution in [-0.4, -0.2) is 25.9 Å². The second-order valence-electron chi connectivity index (χ2n) is 4.97. The summed E-state index contributed by atoms with van der Waals surface area (Å²) in [6, 6.07) is 8.54. The maximum Gasteiger partial charge on any atom is 0.119 e. The zero-order valence-corrected chi connectivity index (χ0v) is 13.5. The zero-order valence-electron chi connectivity index (χ0n) is 13.5. The summed E-state index contributed by atoms with van der Waals surface area (Å²) < 4.78 is 11.4. The molecule has 1 aromatic carbocycles. The van der Waals surface area contributed by atoms with Gasteiger partial charge in [0.05, 0.1) is 18.2 Å². The van der Waals surface area contributed by atoms with Crippen molar-refractivity contribution in [3.63, 3.8) is 0 Å². The lowest BCUT2D eigenvalue weighted by Crippen LogP contribution is -2.44. The highest BCUT2D eigenvalue weighted by Gasteiger charge is 2.36. The first-order chi connectivity index (χ1) is 9.67. The molecule has 1 N–H and O–H groups in total. The van der Waals surface area contributed by atoms with Gasteiger partial charge in [0, 0.05) is 7.11 Å². The maximum absolute atomic E-state index is 5.89. The molecule has 0 heterocycles. The van der Waals surface area contributed by atoms with Crippen LogP contribution in [0.25, 0.3) is 0 Å². The number of hydrogen-bond acceptors (Lipinski definition) is 3. The molecule has 0 aliphatic rings. The van der Waals surface area contributed by atoms with Crippen molar-refractivity contribution in [2.24, 2.45) is 0 Å². The van der Waals surface area contributed by atoms with Crippen LogP contribution in [0.3, 0.4) is 0 Å². The van der Waals surface area contributed by atoms with Crippen LogP contribution in [0.1, 0.15) is 52.1 Å². The van der Waals surface area contributed by atoms with Crippen LogP contribution >= 0.6 is 0 Å². The number of likely N-dealkylation sites (N-methyl/N-ethyl adjacent to an activating group) is 1. The molecule has 0 bridgehead atoms. The highest BCUT2D eigenvalue weighted by Crippen LogP contribution is 2.35. The third-order valence-electron chi connectivity index (χ3n) is 4.06. The fourth-order valence-electron chi connectivity index (χ4n) is 2.80. The van der Waals surface area contributed by atoms with E-state index in [1.54, 1.807) is 0 Å². The van der Waals surface area contributed by atoms with E-state index >= 15 is 0 Å². The largest absolute Gasteiger partial charge is 0.494 e. The van der Waals surface area contributed by atoms with Gasteiger partial charge in [-0.25, -0.2) is 0 Å². The summed E-state index contributed by atoms with van der Waals surface area (Å²) >= 11 is 0. The summed E-state index contributed by atoms with van der Waals surface area (Å²) in [7, 11) is 1.81. The van der Waals surface area contributed by atoms with Gasteiger partial charge in [0.15, 0.2) is 0 Å². The van der Waals surface area contributed by atoms with Crippen LogP contribution in [0, 0.1) is 0 Å². The average molecular weight is 279 g/mol. The van der Waals surface area contributed by atoms with Crippen LogP contribution in [0.2, 0.25) is 0 Å². The molecule has 0 saturated heterocycles. The van der Waals surface area contributed by atoms with Gasteiger partial charge in [-0.15, -0.1) is 0 Å². The van der Waals surface area contributed by atoms with E-state index < -0.39 is 0 Å². The Morgan fingerprint density at radius 2 is 1.65 bits per heavy atom. The predicted molar refractivity (Wildman–Crippen MR) is 84.4 cm³/mol. The predicted octanol–water partition coefficient (Wildman–Crippen LogP) is 3.94. The van der Waals surface area contributed by atoms with E-state index in [9.17, 15) is 0 Å². The fraction of sp³-hybridized carbons (Fsp3) is 0.647. The van der Waals surface area contributed by atoms with Crippen molar-refractivity contribution in [1.29, 1.82) is 0 Å². The van der Waals surface area contributed by atoms with Crippen LogP contribution in [0.15, 0.2) is 24.3 Å². The molecule has 20 heavy (non-hydrogen) atoms. The smallest absolute Gasteiger partial charge is 0.119 e. The first kappa shape index (κ1) is 17.0. The van der Waals surface area contributed by atoms with E-state index in [-0.39, 0.29) is 11.6 Å². The van der Waals surface area contributed by atoms with Gasteiger partial charge < -0.3 is 14.8 Å². The molecule has 1 rings (SSSR count). The van der Waals surface area contributed by atoms with E-state index in [4.69, 9.17) is 9.47 Å². The highest BCUT2D eigenvalue weighted by molar-refractivity contribution is 5.30. The molecule has 0 saturated carbocycles. The van der Waals surface area contributed by atoms with Crippen molar-refractivity contribution < 1.29 is 9.47 Å². The molecule has 3 nitrogen and oxygen atoms in total. The Kier molecular flexibility index (Phi) is 7.03. The molecule has 0 aromatic heterocycles. The molecule has 0 radical (unpaired) electrons. The highest BCUT2D eigenvalue weighted by atomic mass is 16.5. The maximum atomic E-state index is 5.89. The Balaban J connectivity index is 3.05. The standard InChI is InChI=1S/C17H29NO2/c1-6-17(7-2,19-5)16(18-8-3)14-10-12-15(13-11-14)20-9-4/h10-13,16,18H,6-9H2,1-5H3. The Hall–Kier alpha value is -1.06. The number of ether oxygens (including phenoxy) is 2. The Labute approximate surface area is 123 Å². The van der Waals surface area contributed by atoms with Crippen LogP contribution in [0.5, 0.6) is 5.75 Å². The van der Waals surface area contributed by atoms with Crippen molar-refractivity contribution in [3.8, 4) is 5.75 Å². The summed E-state index contributed by atoms with van der Waals surface area (Å²) in [5.74, 6) is 0.919. The Bertz CT molecular complexity index is 363. The van der Waals surface area contributed by atoms with Gasteiger partial charge in [0.25, 0.3) is 0 Å². The van der Waals surface area contributed by atoms with E-state index in [1.807, 2.05) is 26.2 Å². The quantitative estimate of drug-likeness (QED) is 0.742. The molecule has 1 unspecified atom stereocenters. The fourth-order valence-corrected chi connectivity index (χ4v) is 2.80. The molecule has 1 aromatic rings. The number of benzene rings is 1. The van der Waals surface area contributed by atoms with Gasteiger partial charge in [-0.3, -0.25) is 0 Å². The lowest BCUT2D eigenvalue weighted by molar-refractivity contribution is -0.0482. The summed E-state index contributed by atoms with van der Waals surface area (Å²) in [5, 5.41) is 3.58. The van der Waals surface area contributed by atoms with E-state index in [0.717, 1.165) is 25.1 Å². The minimum Gasteiger partial charge on any atom is -0.494 e. The molecule has 0 amide bonds. The van der Waals surface area contributed by atoms with Gasteiger partial charge in [0.2, 0.25) is 0 Å². The van der Waals surface area contributed by atoms with Crippen molar-refractivity contribution in [2.45, 2.75) is 52.2 Å². The Morgan fingerprint density at radius 1 is 1.05 bits per heavy atom. The van der Waals surface area contributed by atoms with Gasteiger partial charge in [-0.05, 0) is 44.0 Å². The molecule has 0 aliphatic carbocycles. The minimum absolute atomic E-state index is 0.164. The summed E-state index contributed by atoms with van der Waals surface area (Å²) in [4.78, 5) is 0. The third-order valence-corrected chi connectivity index (χ3v) is 4.06. The van der Waals surface area contributed by atoms with Gasteiger partial charge in [0.1, 0.15) is 5.75 Å². The van der Waals surface area contributed by atoms with Crippen molar-refractivity contribution in [1.82, 2.24) is 5.32 Å².